The summed E-state index contributed by atoms with van der Waals surface area (Å²) >= 11 is 0. The van der Waals surface area contributed by atoms with E-state index in [0.717, 1.165) is 31.5 Å². The topological polar surface area (TPSA) is 38.3 Å². The van der Waals surface area contributed by atoms with Gasteiger partial charge in [-0.25, -0.2) is 4.79 Å². The Labute approximate surface area is 72.8 Å². The van der Waals surface area contributed by atoms with E-state index in [4.69, 9.17) is 4.74 Å². The van der Waals surface area contributed by atoms with Crippen molar-refractivity contribution in [1.82, 2.24) is 5.32 Å². The zero-order valence-corrected chi connectivity index (χ0v) is 7.43. The summed E-state index contributed by atoms with van der Waals surface area (Å²) in [6.45, 7) is 4.16. The number of carbonyl (C=O) groups is 1. The smallest absolute Gasteiger partial charge is 0.330 e. The summed E-state index contributed by atoms with van der Waals surface area (Å²) < 4.78 is 4.80. The summed E-state index contributed by atoms with van der Waals surface area (Å²) in [4.78, 5) is 11.0. The fourth-order valence-corrected chi connectivity index (χ4v) is 1.25. The Balaban J connectivity index is 2.37. The molecular formula is C9H15NO2. The molecule has 0 unspecified atom stereocenters. The second-order valence-corrected chi connectivity index (χ2v) is 2.83. The van der Waals surface area contributed by atoms with Gasteiger partial charge in [-0.2, -0.15) is 0 Å². The lowest BCUT2D eigenvalue weighted by atomic mass is 10.1. The van der Waals surface area contributed by atoms with E-state index in [1.54, 1.807) is 6.08 Å². The number of hydrogen-bond acceptors (Lipinski definition) is 3. The Bertz CT molecular complexity index is 179. The number of hydrogen-bond donors (Lipinski definition) is 1. The van der Waals surface area contributed by atoms with Crippen LogP contribution >= 0.6 is 0 Å². The molecule has 0 aromatic rings. The first kappa shape index (κ1) is 9.26. The summed E-state index contributed by atoms with van der Waals surface area (Å²) in [7, 11) is 0. The number of nitrogens with one attached hydrogen (secondary N) is 1. The van der Waals surface area contributed by atoms with Crippen LogP contribution in [0.15, 0.2) is 11.6 Å². The van der Waals surface area contributed by atoms with Gasteiger partial charge < -0.3 is 10.1 Å². The third-order valence-corrected chi connectivity index (χ3v) is 1.81. The van der Waals surface area contributed by atoms with E-state index in [1.165, 1.54) is 0 Å². The van der Waals surface area contributed by atoms with Crippen LogP contribution < -0.4 is 5.32 Å². The molecule has 3 heteroatoms. The molecular weight excluding hydrogens is 154 g/mol. The molecule has 3 nitrogen and oxygen atoms in total. The average molecular weight is 169 g/mol. The highest BCUT2D eigenvalue weighted by atomic mass is 16.5. The fraction of sp³-hybridized carbons (Fsp3) is 0.667. The van der Waals surface area contributed by atoms with E-state index in [0.29, 0.717) is 6.61 Å². The van der Waals surface area contributed by atoms with Crippen molar-refractivity contribution in [2.75, 3.05) is 19.7 Å². The molecule has 1 heterocycles. The zero-order valence-electron chi connectivity index (χ0n) is 7.43. The third-order valence-electron chi connectivity index (χ3n) is 1.81. The minimum absolute atomic E-state index is 0.212. The van der Waals surface area contributed by atoms with Gasteiger partial charge in [0.15, 0.2) is 0 Å². The molecule has 0 aliphatic carbocycles. The van der Waals surface area contributed by atoms with Gasteiger partial charge in [0.25, 0.3) is 0 Å². The summed E-state index contributed by atoms with van der Waals surface area (Å²) in [5.41, 5.74) is 1.15. The second kappa shape index (κ2) is 4.93. The van der Waals surface area contributed by atoms with Gasteiger partial charge in [0, 0.05) is 12.6 Å². The maximum atomic E-state index is 11.0. The minimum atomic E-state index is -0.212. The molecule has 1 saturated heterocycles. The zero-order chi connectivity index (χ0) is 8.81. The molecule has 0 radical (unpaired) electrons. The highest BCUT2D eigenvalue weighted by molar-refractivity contribution is 5.82. The van der Waals surface area contributed by atoms with Crippen molar-refractivity contribution < 1.29 is 9.53 Å². The van der Waals surface area contributed by atoms with Gasteiger partial charge in [0.05, 0.1) is 6.61 Å². The lowest BCUT2D eigenvalue weighted by Crippen LogP contribution is -2.24. The van der Waals surface area contributed by atoms with Gasteiger partial charge in [-0.3, -0.25) is 0 Å². The Morgan fingerprint density at radius 1 is 1.75 bits per heavy atom. The summed E-state index contributed by atoms with van der Waals surface area (Å²) in [6.07, 6.45) is 3.74. The quantitative estimate of drug-likeness (QED) is 0.492. The molecule has 12 heavy (non-hydrogen) atoms. The van der Waals surface area contributed by atoms with Gasteiger partial charge in [-0.1, -0.05) is 0 Å². The van der Waals surface area contributed by atoms with Crippen molar-refractivity contribution in [1.29, 1.82) is 0 Å². The Kier molecular flexibility index (Phi) is 3.80. The van der Waals surface area contributed by atoms with Crippen LogP contribution in [-0.2, 0) is 9.53 Å². The molecule has 1 fully saturated rings. The normalized spacial score (nSPS) is 20.9. The van der Waals surface area contributed by atoms with E-state index in [9.17, 15) is 4.79 Å². The van der Waals surface area contributed by atoms with Gasteiger partial charge in [0.1, 0.15) is 0 Å². The van der Waals surface area contributed by atoms with Crippen LogP contribution in [0.4, 0.5) is 0 Å². The van der Waals surface area contributed by atoms with E-state index >= 15 is 0 Å². The number of ether oxygens (including phenoxy) is 1. The molecule has 1 aliphatic heterocycles. The van der Waals surface area contributed by atoms with E-state index < -0.39 is 0 Å². The fourth-order valence-electron chi connectivity index (χ4n) is 1.25. The van der Waals surface area contributed by atoms with Gasteiger partial charge in [-0.05, 0) is 31.9 Å². The first-order valence-electron chi connectivity index (χ1n) is 4.40. The van der Waals surface area contributed by atoms with Crippen LogP contribution in [0.1, 0.15) is 19.8 Å². The van der Waals surface area contributed by atoms with Crippen LogP contribution in [0, 0.1) is 0 Å². The molecule has 0 aromatic heterocycles. The lowest BCUT2D eigenvalue weighted by Gasteiger charge is -2.14. The second-order valence-electron chi connectivity index (χ2n) is 2.83. The van der Waals surface area contributed by atoms with Gasteiger partial charge in [-0.15, -0.1) is 0 Å². The summed E-state index contributed by atoms with van der Waals surface area (Å²) in [5, 5.41) is 3.21. The first-order valence-corrected chi connectivity index (χ1v) is 4.40. The Morgan fingerprint density at radius 3 is 3.17 bits per heavy atom. The monoisotopic (exact) mass is 169 g/mol. The predicted octanol–water partition coefficient (Wildman–Crippen LogP) is 0.859. The number of piperidine rings is 1. The largest absolute Gasteiger partial charge is 0.463 e. The Hall–Kier alpha value is -0.830. The molecule has 1 rings (SSSR count). The average Bonchev–Trinajstić information content (AvgIpc) is 2.06. The summed E-state index contributed by atoms with van der Waals surface area (Å²) in [6, 6.07) is 0. The van der Waals surface area contributed by atoms with E-state index in [2.05, 4.69) is 5.32 Å². The van der Waals surface area contributed by atoms with Crippen LogP contribution in [-0.4, -0.2) is 25.7 Å². The van der Waals surface area contributed by atoms with E-state index in [-0.39, 0.29) is 5.97 Å². The van der Waals surface area contributed by atoms with Crippen molar-refractivity contribution in [2.24, 2.45) is 0 Å². The van der Waals surface area contributed by atoms with Crippen molar-refractivity contribution >= 4 is 5.97 Å². The molecule has 0 atom stereocenters. The number of esters is 1. The third kappa shape index (κ3) is 3.05. The van der Waals surface area contributed by atoms with E-state index in [1.807, 2.05) is 6.92 Å². The first-order chi connectivity index (χ1) is 5.83. The molecule has 0 amide bonds. The van der Waals surface area contributed by atoms with Crippen molar-refractivity contribution in [3.05, 3.63) is 11.6 Å². The van der Waals surface area contributed by atoms with Crippen LogP contribution in [0.2, 0.25) is 0 Å². The minimum Gasteiger partial charge on any atom is -0.463 e. The molecule has 68 valence electrons. The van der Waals surface area contributed by atoms with Crippen LogP contribution in [0.5, 0.6) is 0 Å². The SMILES string of the molecule is CCOC(=O)C=C1CCCNC1. The Morgan fingerprint density at radius 2 is 2.58 bits per heavy atom. The van der Waals surface area contributed by atoms with Crippen molar-refractivity contribution in [3.8, 4) is 0 Å². The van der Waals surface area contributed by atoms with Crippen molar-refractivity contribution in [3.63, 3.8) is 0 Å². The molecule has 1 N–H and O–H groups in total. The predicted molar refractivity (Wildman–Crippen MR) is 46.8 cm³/mol. The maximum absolute atomic E-state index is 11.0. The molecule has 0 saturated carbocycles. The van der Waals surface area contributed by atoms with Gasteiger partial charge in [0.2, 0.25) is 0 Å². The molecule has 0 bridgehead atoms. The number of carbonyl (C=O) groups excluding carboxylic acids is 1. The van der Waals surface area contributed by atoms with Crippen molar-refractivity contribution in [2.45, 2.75) is 19.8 Å². The maximum Gasteiger partial charge on any atom is 0.330 e. The molecule has 0 aromatic carbocycles. The highest BCUT2D eigenvalue weighted by Gasteiger charge is 2.06. The molecule has 1 aliphatic rings. The number of rotatable bonds is 2. The van der Waals surface area contributed by atoms with Gasteiger partial charge >= 0.3 is 5.97 Å². The van der Waals surface area contributed by atoms with Crippen LogP contribution in [0.3, 0.4) is 0 Å². The lowest BCUT2D eigenvalue weighted by molar-refractivity contribution is -0.137. The van der Waals surface area contributed by atoms with Crippen LogP contribution in [0.25, 0.3) is 0 Å². The molecule has 0 spiro atoms. The highest BCUT2D eigenvalue weighted by Crippen LogP contribution is 2.07. The standard InChI is InChI=1S/C9H15NO2/c1-2-12-9(11)6-8-4-3-5-10-7-8/h6,10H,2-5,7H2,1H3. The summed E-state index contributed by atoms with van der Waals surface area (Å²) in [5.74, 6) is -0.212.